The largest absolute Gasteiger partial charge is 0.453 e. The van der Waals surface area contributed by atoms with E-state index in [1.54, 1.807) is 6.07 Å². The van der Waals surface area contributed by atoms with Crippen molar-refractivity contribution in [2.75, 3.05) is 44.7 Å². The fourth-order valence-corrected chi connectivity index (χ4v) is 2.23. The van der Waals surface area contributed by atoms with Gasteiger partial charge in [0.25, 0.3) is 5.82 Å². The molecular formula is C12H15F3N6O. The third kappa shape index (κ3) is 3.28. The van der Waals surface area contributed by atoms with Crippen LogP contribution in [0, 0.1) is 0 Å². The Morgan fingerprint density at radius 2 is 1.95 bits per heavy atom. The SMILES string of the molecule is FC(F)(F)c1nnc2ccc(NCCN3CCOCC3)nn12. The number of morpholine rings is 1. The molecule has 0 atom stereocenters. The minimum absolute atomic E-state index is 0.0612. The molecule has 0 aromatic carbocycles. The second-order valence-electron chi connectivity index (χ2n) is 4.89. The number of fused-ring (bicyclic) bond motifs is 1. The molecule has 2 aromatic heterocycles. The van der Waals surface area contributed by atoms with Crippen LogP contribution in [0.1, 0.15) is 5.82 Å². The number of alkyl halides is 3. The highest BCUT2D eigenvalue weighted by Crippen LogP contribution is 2.27. The van der Waals surface area contributed by atoms with Crippen LogP contribution >= 0.6 is 0 Å². The highest BCUT2D eigenvalue weighted by atomic mass is 19.4. The van der Waals surface area contributed by atoms with Crippen LogP contribution in [0.25, 0.3) is 5.65 Å². The molecule has 0 unspecified atom stereocenters. The van der Waals surface area contributed by atoms with Crippen molar-refractivity contribution >= 4 is 11.5 Å². The first-order chi connectivity index (χ1) is 10.5. The van der Waals surface area contributed by atoms with Crippen LogP contribution in [0.5, 0.6) is 0 Å². The first-order valence-corrected chi connectivity index (χ1v) is 6.88. The van der Waals surface area contributed by atoms with Gasteiger partial charge >= 0.3 is 6.18 Å². The Labute approximate surface area is 124 Å². The van der Waals surface area contributed by atoms with Gasteiger partial charge in [-0.25, -0.2) is 0 Å². The summed E-state index contributed by atoms with van der Waals surface area (Å²) in [5.41, 5.74) is 0.0612. The smallest absolute Gasteiger partial charge is 0.379 e. The molecule has 0 radical (unpaired) electrons. The summed E-state index contributed by atoms with van der Waals surface area (Å²) in [6, 6.07) is 3.04. The van der Waals surface area contributed by atoms with Crippen molar-refractivity contribution < 1.29 is 17.9 Å². The van der Waals surface area contributed by atoms with E-state index in [1.165, 1.54) is 6.07 Å². The third-order valence-electron chi connectivity index (χ3n) is 3.35. The monoisotopic (exact) mass is 316 g/mol. The lowest BCUT2D eigenvalue weighted by atomic mass is 10.4. The van der Waals surface area contributed by atoms with Crippen LogP contribution < -0.4 is 5.32 Å². The fraction of sp³-hybridized carbons (Fsp3) is 0.583. The molecular weight excluding hydrogens is 301 g/mol. The van der Waals surface area contributed by atoms with Gasteiger partial charge in [-0.05, 0) is 12.1 Å². The van der Waals surface area contributed by atoms with Gasteiger partial charge in [0.2, 0.25) is 0 Å². The van der Waals surface area contributed by atoms with Gasteiger partial charge in [0.05, 0.1) is 13.2 Å². The summed E-state index contributed by atoms with van der Waals surface area (Å²) in [6.07, 6.45) is -4.58. The molecule has 1 N–H and O–H groups in total. The minimum atomic E-state index is -4.58. The molecule has 3 heterocycles. The van der Waals surface area contributed by atoms with Gasteiger partial charge in [-0.3, -0.25) is 4.90 Å². The first-order valence-electron chi connectivity index (χ1n) is 6.88. The summed E-state index contributed by atoms with van der Waals surface area (Å²) in [5.74, 6) is -0.773. The normalized spacial score (nSPS) is 17.0. The van der Waals surface area contributed by atoms with Crippen LogP contribution in [0.15, 0.2) is 12.1 Å². The van der Waals surface area contributed by atoms with E-state index in [9.17, 15) is 13.2 Å². The fourth-order valence-electron chi connectivity index (χ4n) is 2.23. The van der Waals surface area contributed by atoms with Crippen LogP contribution in [0.4, 0.5) is 19.0 Å². The van der Waals surface area contributed by atoms with Gasteiger partial charge in [0.15, 0.2) is 5.65 Å². The zero-order chi connectivity index (χ0) is 15.6. The Balaban J connectivity index is 1.66. The van der Waals surface area contributed by atoms with E-state index >= 15 is 0 Å². The van der Waals surface area contributed by atoms with Gasteiger partial charge < -0.3 is 10.1 Å². The molecule has 3 rings (SSSR count). The van der Waals surface area contributed by atoms with Crippen LogP contribution in [-0.2, 0) is 10.9 Å². The van der Waals surface area contributed by atoms with Gasteiger partial charge in [-0.15, -0.1) is 15.3 Å². The quantitative estimate of drug-likeness (QED) is 0.903. The summed E-state index contributed by atoms with van der Waals surface area (Å²) < 4.78 is 44.3. The van der Waals surface area contributed by atoms with Crippen LogP contribution in [-0.4, -0.2) is 64.1 Å². The lowest BCUT2D eigenvalue weighted by molar-refractivity contribution is -0.146. The van der Waals surface area contributed by atoms with Gasteiger partial charge in [0.1, 0.15) is 5.82 Å². The zero-order valence-electron chi connectivity index (χ0n) is 11.7. The molecule has 10 heteroatoms. The maximum atomic E-state index is 12.8. The Hall–Kier alpha value is -1.94. The number of aromatic nitrogens is 4. The summed E-state index contributed by atoms with van der Waals surface area (Å²) in [4.78, 5) is 2.22. The summed E-state index contributed by atoms with van der Waals surface area (Å²) >= 11 is 0. The number of ether oxygens (including phenoxy) is 1. The van der Waals surface area contributed by atoms with E-state index in [2.05, 4.69) is 25.5 Å². The third-order valence-corrected chi connectivity index (χ3v) is 3.35. The molecule has 1 fully saturated rings. The maximum Gasteiger partial charge on any atom is 0.453 e. The Morgan fingerprint density at radius 1 is 1.18 bits per heavy atom. The van der Waals surface area contributed by atoms with Crippen molar-refractivity contribution in [3.05, 3.63) is 18.0 Å². The van der Waals surface area contributed by atoms with E-state index in [4.69, 9.17) is 4.74 Å². The number of hydrogen-bond acceptors (Lipinski definition) is 6. The summed E-state index contributed by atoms with van der Waals surface area (Å²) in [6.45, 7) is 4.49. The van der Waals surface area contributed by atoms with Crippen molar-refractivity contribution in [1.82, 2.24) is 24.7 Å². The van der Waals surface area contributed by atoms with Crippen molar-refractivity contribution in [1.29, 1.82) is 0 Å². The summed E-state index contributed by atoms with van der Waals surface area (Å²) in [7, 11) is 0. The summed E-state index contributed by atoms with van der Waals surface area (Å²) in [5, 5.41) is 13.5. The minimum Gasteiger partial charge on any atom is -0.379 e. The topological polar surface area (TPSA) is 67.6 Å². The van der Waals surface area contributed by atoms with Crippen LogP contribution in [0.2, 0.25) is 0 Å². The molecule has 0 amide bonds. The van der Waals surface area contributed by atoms with E-state index in [1.807, 2.05) is 0 Å². The average Bonchev–Trinajstić information content (AvgIpc) is 2.91. The Bertz CT molecular complexity index is 637. The second kappa shape index (κ2) is 6.05. The Kier molecular flexibility index (Phi) is 4.12. The Morgan fingerprint density at radius 3 is 2.68 bits per heavy atom. The van der Waals surface area contributed by atoms with Crippen LogP contribution in [0.3, 0.4) is 0 Å². The number of hydrogen-bond donors (Lipinski definition) is 1. The average molecular weight is 316 g/mol. The van der Waals surface area contributed by atoms with E-state index in [-0.39, 0.29) is 5.65 Å². The predicted octanol–water partition coefficient (Wildman–Crippen LogP) is 0.887. The molecule has 1 aliphatic rings. The van der Waals surface area contributed by atoms with Crippen molar-refractivity contribution in [2.45, 2.75) is 6.18 Å². The zero-order valence-corrected chi connectivity index (χ0v) is 11.7. The van der Waals surface area contributed by atoms with Crippen molar-refractivity contribution in [3.63, 3.8) is 0 Å². The molecule has 0 bridgehead atoms. The molecule has 1 aliphatic heterocycles. The number of anilines is 1. The second-order valence-corrected chi connectivity index (χ2v) is 4.89. The first kappa shape index (κ1) is 15.0. The van der Waals surface area contributed by atoms with E-state index < -0.39 is 12.0 Å². The standard InChI is InChI=1S/C12H15F3N6O/c13-12(14,15)11-18-17-10-2-1-9(19-21(10)11)16-3-4-20-5-7-22-8-6-20/h1-2H,3-8H2,(H,16,19). The van der Waals surface area contributed by atoms with Crippen molar-refractivity contribution in [3.8, 4) is 0 Å². The highest BCUT2D eigenvalue weighted by Gasteiger charge is 2.37. The molecule has 120 valence electrons. The maximum absolute atomic E-state index is 12.8. The molecule has 0 saturated carbocycles. The van der Waals surface area contributed by atoms with Gasteiger partial charge in [-0.2, -0.15) is 17.7 Å². The molecule has 0 aliphatic carbocycles. The molecule has 22 heavy (non-hydrogen) atoms. The lowest BCUT2D eigenvalue weighted by Gasteiger charge is -2.26. The number of halogens is 3. The molecule has 7 nitrogen and oxygen atoms in total. The number of rotatable bonds is 4. The van der Waals surface area contributed by atoms with Gasteiger partial charge in [0, 0.05) is 26.2 Å². The lowest BCUT2D eigenvalue weighted by Crippen LogP contribution is -2.39. The highest BCUT2D eigenvalue weighted by molar-refractivity contribution is 5.44. The van der Waals surface area contributed by atoms with E-state index in [0.717, 1.165) is 19.6 Å². The number of nitrogens with one attached hydrogen (secondary N) is 1. The van der Waals surface area contributed by atoms with E-state index in [0.29, 0.717) is 30.1 Å². The molecule has 0 spiro atoms. The van der Waals surface area contributed by atoms with Gasteiger partial charge in [-0.1, -0.05) is 0 Å². The van der Waals surface area contributed by atoms with Crippen molar-refractivity contribution in [2.24, 2.45) is 0 Å². The molecule has 2 aromatic rings. The number of nitrogens with zero attached hydrogens (tertiary/aromatic N) is 5. The molecule has 1 saturated heterocycles. The predicted molar refractivity (Wildman–Crippen MR) is 71.5 cm³/mol.